The Hall–Kier alpha value is -1.84. The van der Waals surface area contributed by atoms with Gasteiger partial charge >= 0.3 is 0 Å². The van der Waals surface area contributed by atoms with Crippen molar-refractivity contribution in [3.63, 3.8) is 0 Å². The number of hydrogen-bond acceptors (Lipinski definition) is 2. The standard InChI is InChI=1S/C17H22N2O2/c1-11(19-17(21)15-8-9-15)13-4-2-12(3-5-13)10-18-16(20)14-6-7-14/h2-5,11,14-15H,6-10H2,1H3,(H,18,20)(H,19,21)/t11-/m0/s1. The van der Waals surface area contributed by atoms with Gasteiger partial charge in [-0.1, -0.05) is 24.3 Å². The Bertz CT molecular complexity index is 530. The van der Waals surface area contributed by atoms with Gasteiger partial charge in [-0.25, -0.2) is 0 Å². The number of rotatable bonds is 6. The van der Waals surface area contributed by atoms with Crippen molar-refractivity contribution in [3.05, 3.63) is 35.4 Å². The lowest BCUT2D eigenvalue weighted by Gasteiger charge is -2.14. The minimum absolute atomic E-state index is 0.0354. The van der Waals surface area contributed by atoms with Gasteiger partial charge in [-0.2, -0.15) is 0 Å². The van der Waals surface area contributed by atoms with E-state index in [1.54, 1.807) is 0 Å². The number of benzene rings is 1. The zero-order valence-electron chi connectivity index (χ0n) is 12.4. The molecule has 4 heteroatoms. The van der Waals surface area contributed by atoms with Crippen molar-refractivity contribution in [2.45, 2.75) is 45.2 Å². The minimum atomic E-state index is 0.0354. The van der Waals surface area contributed by atoms with E-state index >= 15 is 0 Å². The maximum atomic E-state index is 11.7. The zero-order chi connectivity index (χ0) is 14.8. The summed E-state index contributed by atoms with van der Waals surface area (Å²) in [4.78, 5) is 23.3. The molecule has 0 aromatic heterocycles. The fourth-order valence-corrected chi connectivity index (χ4v) is 2.36. The summed E-state index contributed by atoms with van der Waals surface area (Å²) in [5, 5.41) is 6.00. The van der Waals surface area contributed by atoms with Gasteiger partial charge in [-0.3, -0.25) is 9.59 Å². The van der Waals surface area contributed by atoms with Gasteiger partial charge in [0.1, 0.15) is 0 Å². The summed E-state index contributed by atoms with van der Waals surface area (Å²) < 4.78 is 0. The van der Waals surface area contributed by atoms with Crippen LogP contribution < -0.4 is 10.6 Å². The quantitative estimate of drug-likeness (QED) is 0.843. The number of nitrogens with one attached hydrogen (secondary N) is 2. The van der Waals surface area contributed by atoms with Crippen LogP contribution in [-0.2, 0) is 16.1 Å². The lowest BCUT2D eigenvalue weighted by Crippen LogP contribution is -2.28. The average Bonchev–Trinajstić information content (AvgIpc) is 3.37. The third kappa shape index (κ3) is 3.84. The van der Waals surface area contributed by atoms with Crippen molar-refractivity contribution in [1.82, 2.24) is 10.6 Å². The monoisotopic (exact) mass is 286 g/mol. The number of carbonyl (C=O) groups excluding carboxylic acids is 2. The van der Waals surface area contributed by atoms with Crippen LogP contribution in [0.25, 0.3) is 0 Å². The Morgan fingerprint density at radius 2 is 1.62 bits per heavy atom. The van der Waals surface area contributed by atoms with Crippen LogP contribution in [0, 0.1) is 11.8 Å². The first-order valence-corrected chi connectivity index (χ1v) is 7.80. The first-order valence-electron chi connectivity index (χ1n) is 7.80. The molecule has 0 spiro atoms. The second kappa shape index (κ2) is 5.88. The minimum Gasteiger partial charge on any atom is -0.352 e. The Labute approximate surface area is 125 Å². The molecule has 0 heterocycles. The third-order valence-corrected chi connectivity index (χ3v) is 4.20. The van der Waals surface area contributed by atoms with Crippen LogP contribution in [0.1, 0.15) is 49.8 Å². The van der Waals surface area contributed by atoms with Gasteiger partial charge in [-0.15, -0.1) is 0 Å². The van der Waals surface area contributed by atoms with E-state index in [9.17, 15) is 9.59 Å². The summed E-state index contributed by atoms with van der Waals surface area (Å²) in [5.41, 5.74) is 2.19. The normalized spacial score (nSPS) is 18.9. The smallest absolute Gasteiger partial charge is 0.223 e. The van der Waals surface area contributed by atoms with Crippen molar-refractivity contribution >= 4 is 11.8 Å². The third-order valence-electron chi connectivity index (χ3n) is 4.20. The van der Waals surface area contributed by atoms with Gasteiger partial charge in [0.25, 0.3) is 0 Å². The van der Waals surface area contributed by atoms with E-state index in [0.29, 0.717) is 6.54 Å². The average molecular weight is 286 g/mol. The van der Waals surface area contributed by atoms with Gasteiger partial charge in [0.05, 0.1) is 6.04 Å². The largest absolute Gasteiger partial charge is 0.352 e. The van der Waals surface area contributed by atoms with E-state index in [1.165, 1.54) is 0 Å². The van der Waals surface area contributed by atoms with Crippen LogP contribution in [0.2, 0.25) is 0 Å². The molecule has 2 aliphatic carbocycles. The second-order valence-corrected chi connectivity index (χ2v) is 6.24. The van der Waals surface area contributed by atoms with Crippen molar-refractivity contribution in [2.24, 2.45) is 11.8 Å². The van der Waals surface area contributed by atoms with Gasteiger partial charge in [0.15, 0.2) is 0 Å². The molecular weight excluding hydrogens is 264 g/mol. The fourth-order valence-electron chi connectivity index (χ4n) is 2.36. The Balaban J connectivity index is 1.50. The predicted molar refractivity (Wildman–Crippen MR) is 80.3 cm³/mol. The maximum Gasteiger partial charge on any atom is 0.223 e. The summed E-state index contributed by atoms with van der Waals surface area (Å²) in [6, 6.07) is 8.12. The number of amides is 2. The molecule has 0 unspecified atom stereocenters. The molecule has 2 saturated carbocycles. The molecule has 3 rings (SSSR count). The Morgan fingerprint density at radius 1 is 1.05 bits per heavy atom. The lowest BCUT2D eigenvalue weighted by molar-refractivity contribution is -0.123. The predicted octanol–water partition coefficient (Wildman–Crippen LogP) is 2.30. The van der Waals surface area contributed by atoms with Crippen LogP contribution in [0.5, 0.6) is 0 Å². The van der Waals surface area contributed by atoms with E-state index in [4.69, 9.17) is 0 Å². The zero-order valence-corrected chi connectivity index (χ0v) is 12.4. The molecule has 0 bridgehead atoms. The lowest BCUT2D eigenvalue weighted by atomic mass is 10.1. The van der Waals surface area contributed by atoms with Crippen LogP contribution in [0.3, 0.4) is 0 Å². The first kappa shape index (κ1) is 14.1. The molecule has 21 heavy (non-hydrogen) atoms. The van der Waals surface area contributed by atoms with E-state index in [-0.39, 0.29) is 29.7 Å². The molecule has 0 aliphatic heterocycles. The summed E-state index contributed by atoms with van der Waals surface area (Å²) in [6.07, 6.45) is 4.11. The van der Waals surface area contributed by atoms with E-state index in [1.807, 2.05) is 31.2 Å². The summed E-state index contributed by atoms with van der Waals surface area (Å²) in [6.45, 7) is 2.59. The van der Waals surface area contributed by atoms with E-state index in [2.05, 4.69) is 10.6 Å². The SMILES string of the molecule is C[C@H](NC(=O)C1CC1)c1ccc(CNC(=O)C2CC2)cc1. The molecule has 2 amide bonds. The molecule has 1 aromatic rings. The molecule has 0 radical (unpaired) electrons. The van der Waals surface area contributed by atoms with Crippen LogP contribution in [-0.4, -0.2) is 11.8 Å². The van der Waals surface area contributed by atoms with Crippen molar-refractivity contribution in [1.29, 1.82) is 0 Å². The van der Waals surface area contributed by atoms with Crippen molar-refractivity contribution in [2.75, 3.05) is 0 Å². The highest BCUT2D eigenvalue weighted by atomic mass is 16.2. The van der Waals surface area contributed by atoms with Gasteiger partial charge < -0.3 is 10.6 Å². The molecule has 2 N–H and O–H groups in total. The van der Waals surface area contributed by atoms with Crippen LogP contribution in [0.15, 0.2) is 24.3 Å². The summed E-state index contributed by atoms with van der Waals surface area (Å²) >= 11 is 0. The highest BCUT2D eigenvalue weighted by Gasteiger charge is 2.30. The maximum absolute atomic E-state index is 11.7. The fraction of sp³-hybridized carbons (Fsp3) is 0.529. The molecule has 112 valence electrons. The van der Waals surface area contributed by atoms with E-state index < -0.39 is 0 Å². The van der Waals surface area contributed by atoms with E-state index in [0.717, 1.165) is 36.8 Å². The summed E-state index contributed by atoms with van der Waals surface area (Å²) in [7, 11) is 0. The van der Waals surface area contributed by atoms with Crippen LogP contribution >= 0.6 is 0 Å². The summed E-state index contributed by atoms with van der Waals surface area (Å²) in [5.74, 6) is 0.832. The molecule has 2 aliphatic rings. The van der Waals surface area contributed by atoms with Gasteiger partial charge in [0, 0.05) is 18.4 Å². The highest BCUT2D eigenvalue weighted by Crippen LogP contribution is 2.30. The molecular formula is C17H22N2O2. The van der Waals surface area contributed by atoms with Crippen molar-refractivity contribution < 1.29 is 9.59 Å². The second-order valence-electron chi connectivity index (χ2n) is 6.24. The van der Waals surface area contributed by atoms with Gasteiger partial charge in [-0.05, 0) is 43.7 Å². The molecule has 2 fully saturated rings. The first-order chi connectivity index (χ1) is 10.1. The molecule has 4 nitrogen and oxygen atoms in total. The highest BCUT2D eigenvalue weighted by molar-refractivity contribution is 5.81. The topological polar surface area (TPSA) is 58.2 Å². The van der Waals surface area contributed by atoms with Gasteiger partial charge in [0.2, 0.25) is 11.8 Å². The Morgan fingerprint density at radius 3 is 2.19 bits per heavy atom. The molecule has 1 aromatic carbocycles. The van der Waals surface area contributed by atoms with Crippen molar-refractivity contribution in [3.8, 4) is 0 Å². The number of hydrogen-bond donors (Lipinski definition) is 2. The molecule has 0 saturated heterocycles. The molecule has 1 atom stereocenters. The number of carbonyl (C=O) groups is 2. The van der Waals surface area contributed by atoms with Crippen LogP contribution in [0.4, 0.5) is 0 Å². The Kier molecular flexibility index (Phi) is 3.95.